The smallest absolute Gasteiger partial charge is 0.269 e. The Hall–Kier alpha value is -1.86. The van der Waals surface area contributed by atoms with Crippen molar-refractivity contribution in [3.8, 4) is 5.75 Å². The van der Waals surface area contributed by atoms with Crippen LogP contribution in [0.1, 0.15) is 6.92 Å². The fraction of sp³-hybridized carbons (Fsp3) is 0.364. The second-order valence-corrected chi connectivity index (χ2v) is 3.74. The van der Waals surface area contributed by atoms with Crippen LogP contribution in [-0.2, 0) is 4.79 Å². The molecule has 19 heavy (non-hydrogen) atoms. The number of carbonyl (C=O) groups excluding carboxylic acids is 1. The third-order valence-electron chi connectivity index (χ3n) is 2.18. The summed E-state index contributed by atoms with van der Waals surface area (Å²) < 4.78 is 5.17. The minimum atomic E-state index is -0.501. The summed E-state index contributed by atoms with van der Waals surface area (Å²) >= 11 is 0. The van der Waals surface area contributed by atoms with E-state index in [1.165, 1.54) is 24.3 Å². The Labute approximate surface area is 116 Å². The highest BCUT2D eigenvalue weighted by atomic mass is 35.5. The largest absolute Gasteiger partial charge is 0.484 e. The Balaban J connectivity index is 0.00000324. The van der Waals surface area contributed by atoms with E-state index in [-0.39, 0.29) is 36.7 Å². The molecule has 0 fully saturated rings. The van der Waals surface area contributed by atoms with Crippen molar-refractivity contribution < 1.29 is 14.5 Å². The fourth-order valence-electron chi connectivity index (χ4n) is 1.19. The topological polar surface area (TPSA) is 107 Å². The maximum absolute atomic E-state index is 11.4. The van der Waals surface area contributed by atoms with Crippen LogP contribution in [0.25, 0.3) is 0 Å². The number of ether oxygens (including phenoxy) is 1. The maximum Gasteiger partial charge on any atom is 0.269 e. The average molecular weight is 290 g/mol. The number of rotatable bonds is 6. The summed E-state index contributed by atoms with van der Waals surface area (Å²) in [5.74, 6) is 0.113. The van der Waals surface area contributed by atoms with Crippen LogP contribution in [0.5, 0.6) is 5.75 Å². The lowest BCUT2D eigenvalue weighted by Crippen LogP contribution is -2.40. The number of benzene rings is 1. The first-order valence-electron chi connectivity index (χ1n) is 5.39. The van der Waals surface area contributed by atoms with Crippen molar-refractivity contribution in [1.29, 1.82) is 0 Å². The second-order valence-electron chi connectivity index (χ2n) is 3.74. The molecule has 1 aromatic rings. The maximum atomic E-state index is 11.4. The molecule has 106 valence electrons. The number of nitrogens with zero attached hydrogens (tertiary/aromatic N) is 1. The minimum Gasteiger partial charge on any atom is -0.484 e. The van der Waals surface area contributed by atoms with E-state index in [2.05, 4.69) is 5.32 Å². The summed E-state index contributed by atoms with van der Waals surface area (Å²) in [4.78, 5) is 21.3. The number of hydrogen-bond donors (Lipinski definition) is 2. The van der Waals surface area contributed by atoms with Crippen molar-refractivity contribution in [3.63, 3.8) is 0 Å². The molecule has 0 aromatic heterocycles. The van der Waals surface area contributed by atoms with Crippen molar-refractivity contribution in [2.45, 2.75) is 13.0 Å². The lowest BCUT2D eigenvalue weighted by Gasteiger charge is -2.11. The number of halogens is 1. The zero-order valence-electron chi connectivity index (χ0n) is 10.4. The number of hydrogen-bond acceptors (Lipinski definition) is 5. The second kappa shape index (κ2) is 8.28. The molecular weight excluding hydrogens is 274 g/mol. The Bertz CT molecular complexity index is 424. The van der Waals surface area contributed by atoms with Crippen LogP contribution in [0.2, 0.25) is 0 Å². The van der Waals surface area contributed by atoms with Gasteiger partial charge in [-0.3, -0.25) is 14.9 Å². The lowest BCUT2D eigenvalue weighted by atomic mass is 10.3. The zero-order chi connectivity index (χ0) is 13.5. The molecule has 8 heteroatoms. The van der Waals surface area contributed by atoms with Crippen LogP contribution < -0.4 is 15.8 Å². The van der Waals surface area contributed by atoms with Gasteiger partial charge in [-0.2, -0.15) is 0 Å². The van der Waals surface area contributed by atoms with Gasteiger partial charge in [0.15, 0.2) is 6.61 Å². The first-order valence-corrected chi connectivity index (χ1v) is 5.39. The molecule has 0 radical (unpaired) electrons. The number of nitro benzene ring substituents is 1. The molecule has 0 aliphatic heterocycles. The van der Waals surface area contributed by atoms with Gasteiger partial charge in [0.05, 0.1) is 4.92 Å². The molecule has 3 N–H and O–H groups in total. The van der Waals surface area contributed by atoms with Gasteiger partial charge in [-0.25, -0.2) is 0 Å². The van der Waals surface area contributed by atoms with Crippen molar-refractivity contribution in [1.82, 2.24) is 5.32 Å². The number of carbonyl (C=O) groups is 1. The van der Waals surface area contributed by atoms with Crippen LogP contribution in [0, 0.1) is 10.1 Å². The molecule has 7 nitrogen and oxygen atoms in total. The van der Waals surface area contributed by atoms with Crippen molar-refractivity contribution in [2.75, 3.05) is 13.2 Å². The van der Waals surface area contributed by atoms with E-state index in [0.29, 0.717) is 12.3 Å². The van der Waals surface area contributed by atoms with Gasteiger partial charge in [0, 0.05) is 24.7 Å². The van der Waals surface area contributed by atoms with Gasteiger partial charge >= 0.3 is 0 Å². The molecule has 0 heterocycles. The summed E-state index contributed by atoms with van der Waals surface area (Å²) in [6.07, 6.45) is 0. The monoisotopic (exact) mass is 289 g/mol. The molecule has 0 aliphatic rings. The molecule has 0 unspecified atom stereocenters. The molecule has 1 atom stereocenters. The van der Waals surface area contributed by atoms with E-state index >= 15 is 0 Å². The van der Waals surface area contributed by atoms with Crippen molar-refractivity contribution >= 4 is 24.0 Å². The van der Waals surface area contributed by atoms with Gasteiger partial charge < -0.3 is 15.8 Å². The molecule has 0 spiro atoms. The first-order chi connectivity index (χ1) is 8.52. The predicted molar refractivity (Wildman–Crippen MR) is 72.5 cm³/mol. The molecule has 0 aliphatic carbocycles. The summed E-state index contributed by atoms with van der Waals surface area (Å²) in [7, 11) is 0. The molecule has 1 rings (SSSR count). The number of nitro groups is 1. The predicted octanol–water partition coefficient (Wildman–Crippen LogP) is 0.859. The van der Waals surface area contributed by atoms with Crippen LogP contribution in [0.3, 0.4) is 0 Å². The standard InChI is InChI=1S/C11H15N3O4.ClH/c1-8(6-12)13-11(15)7-18-10-4-2-9(3-5-10)14(16)17;/h2-5,8H,6-7,12H2,1H3,(H,13,15);1H/t8-;/m0./s1. The van der Waals surface area contributed by atoms with E-state index in [9.17, 15) is 14.9 Å². The summed E-state index contributed by atoms with van der Waals surface area (Å²) in [5, 5.41) is 13.1. The van der Waals surface area contributed by atoms with E-state index in [1.807, 2.05) is 0 Å². The molecule has 1 aromatic carbocycles. The fourth-order valence-corrected chi connectivity index (χ4v) is 1.19. The first kappa shape index (κ1) is 17.1. The van der Waals surface area contributed by atoms with E-state index in [4.69, 9.17) is 10.5 Å². The number of nitrogens with two attached hydrogens (primary N) is 1. The van der Waals surface area contributed by atoms with E-state index in [1.54, 1.807) is 6.92 Å². The summed E-state index contributed by atoms with van der Waals surface area (Å²) in [6, 6.07) is 5.40. The van der Waals surface area contributed by atoms with Gasteiger partial charge in [0.1, 0.15) is 5.75 Å². The summed E-state index contributed by atoms with van der Waals surface area (Å²) in [5.41, 5.74) is 5.33. The Morgan fingerprint density at radius 2 is 2.05 bits per heavy atom. The van der Waals surface area contributed by atoms with Crippen LogP contribution in [-0.4, -0.2) is 30.0 Å². The molecular formula is C11H16ClN3O4. The van der Waals surface area contributed by atoms with E-state index in [0.717, 1.165) is 0 Å². The average Bonchev–Trinajstić information content (AvgIpc) is 2.36. The molecule has 0 saturated heterocycles. The Morgan fingerprint density at radius 3 is 2.53 bits per heavy atom. The Kier molecular flexibility index (Phi) is 7.47. The molecule has 0 bridgehead atoms. The van der Waals surface area contributed by atoms with Crippen LogP contribution >= 0.6 is 12.4 Å². The SMILES string of the molecule is C[C@@H](CN)NC(=O)COc1ccc([N+](=O)[O-])cc1.Cl. The van der Waals surface area contributed by atoms with Crippen LogP contribution in [0.15, 0.2) is 24.3 Å². The third-order valence-corrected chi connectivity index (χ3v) is 2.18. The highest BCUT2D eigenvalue weighted by Gasteiger charge is 2.08. The number of nitrogens with one attached hydrogen (secondary N) is 1. The van der Waals surface area contributed by atoms with Crippen molar-refractivity contribution in [2.24, 2.45) is 5.73 Å². The third kappa shape index (κ3) is 6.03. The van der Waals surface area contributed by atoms with Gasteiger partial charge in [-0.15, -0.1) is 12.4 Å². The molecule has 1 amide bonds. The minimum absolute atomic E-state index is 0. The zero-order valence-corrected chi connectivity index (χ0v) is 11.2. The molecule has 0 saturated carbocycles. The Morgan fingerprint density at radius 1 is 1.47 bits per heavy atom. The van der Waals surface area contributed by atoms with Crippen molar-refractivity contribution in [3.05, 3.63) is 34.4 Å². The number of non-ortho nitro benzene ring substituents is 1. The lowest BCUT2D eigenvalue weighted by molar-refractivity contribution is -0.384. The van der Waals surface area contributed by atoms with Gasteiger partial charge in [-0.05, 0) is 19.1 Å². The normalized spacial score (nSPS) is 11.1. The highest BCUT2D eigenvalue weighted by Crippen LogP contribution is 2.16. The van der Waals surface area contributed by atoms with Gasteiger partial charge in [-0.1, -0.05) is 0 Å². The quantitative estimate of drug-likeness (QED) is 0.596. The van der Waals surface area contributed by atoms with E-state index < -0.39 is 4.92 Å². The summed E-state index contributed by atoms with van der Waals surface area (Å²) in [6.45, 7) is 1.98. The number of amides is 1. The van der Waals surface area contributed by atoms with Crippen LogP contribution in [0.4, 0.5) is 5.69 Å². The van der Waals surface area contributed by atoms with Gasteiger partial charge in [0.25, 0.3) is 11.6 Å². The highest BCUT2D eigenvalue weighted by molar-refractivity contribution is 5.85. The van der Waals surface area contributed by atoms with Gasteiger partial charge in [0.2, 0.25) is 0 Å².